The van der Waals surface area contributed by atoms with Crippen molar-refractivity contribution in [3.05, 3.63) is 77.4 Å². The SMILES string of the molecule is O=C(Nc1ccc(OCc2cc(C(=O)NC[C@H]3CCCO3)no2)cc1)c1ccc(F)cc1. The molecule has 32 heavy (non-hydrogen) atoms. The zero-order valence-electron chi connectivity index (χ0n) is 17.2. The number of benzene rings is 2. The minimum Gasteiger partial charge on any atom is -0.486 e. The first kappa shape index (κ1) is 21.5. The van der Waals surface area contributed by atoms with Crippen LogP contribution in [-0.4, -0.2) is 36.2 Å². The van der Waals surface area contributed by atoms with E-state index in [-0.39, 0.29) is 30.2 Å². The van der Waals surface area contributed by atoms with E-state index >= 15 is 0 Å². The van der Waals surface area contributed by atoms with Gasteiger partial charge in [-0.2, -0.15) is 0 Å². The van der Waals surface area contributed by atoms with Crippen molar-refractivity contribution in [3.8, 4) is 5.75 Å². The van der Waals surface area contributed by atoms with Crippen molar-refractivity contribution >= 4 is 17.5 Å². The van der Waals surface area contributed by atoms with Gasteiger partial charge < -0.3 is 24.6 Å². The Morgan fingerprint density at radius 2 is 1.88 bits per heavy atom. The summed E-state index contributed by atoms with van der Waals surface area (Å²) in [7, 11) is 0. The van der Waals surface area contributed by atoms with Crippen molar-refractivity contribution in [2.75, 3.05) is 18.5 Å². The summed E-state index contributed by atoms with van der Waals surface area (Å²) < 4.78 is 29.2. The Morgan fingerprint density at radius 1 is 1.09 bits per heavy atom. The van der Waals surface area contributed by atoms with Crippen LogP contribution in [0, 0.1) is 5.82 Å². The molecule has 1 aliphatic rings. The van der Waals surface area contributed by atoms with Gasteiger partial charge in [0.05, 0.1) is 6.10 Å². The summed E-state index contributed by atoms with van der Waals surface area (Å²) in [6, 6.07) is 13.6. The van der Waals surface area contributed by atoms with Crippen molar-refractivity contribution in [1.82, 2.24) is 10.5 Å². The van der Waals surface area contributed by atoms with Gasteiger partial charge in [-0.15, -0.1) is 0 Å². The van der Waals surface area contributed by atoms with Crippen LogP contribution in [0.3, 0.4) is 0 Å². The number of amides is 2. The molecule has 2 heterocycles. The number of ether oxygens (including phenoxy) is 2. The molecule has 1 atom stereocenters. The van der Waals surface area contributed by atoms with E-state index in [1.807, 2.05) is 0 Å². The summed E-state index contributed by atoms with van der Waals surface area (Å²) in [4.78, 5) is 24.3. The molecule has 1 saturated heterocycles. The minimum absolute atomic E-state index is 0.0529. The van der Waals surface area contributed by atoms with Crippen LogP contribution < -0.4 is 15.4 Å². The fourth-order valence-corrected chi connectivity index (χ4v) is 3.18. The Balaban J connectivity index is 1.25. The van der Waals surface area contributed by atoms with Gasteiger partial charge in [0.25, 0.3) is 11.8 Å². The van der Waals surface area contributed by atoms with Crippen LogP contribution in [0.5, 0.6) is 5.75 Å². The third kappa shape index (κ3) is 5.70. The number of aromatic nitrogens is 1. The zero-order chi connectivity index (χ0) is 22.3. The van der Waals surface area contributed by atoms with E-state index in [1.165, 1.54) is 30.3 Å². The molecule has 8 nitrogen and oxygen atoms in total. The van der Waals surface area contributed by atoms with Gasteiger partial charge in [0.1, 0.15) is 18.2 Å². The molecular formula is C23H22FN3O5. The molecule has 0 bridgehead atoms. The first-order chi connectivity index (χ1) is 15.6. The molecule has 0 radical (unpaired) electrons. The molecule has 166 valence electrons. The second-order valence-corrected chi connectivity index (χ2v) is 7.30. The van der Waals surface area contributed by atoms with Crippen LogP contribution in [0.4, 0.5) is 10.1 Å². The van der Waals surface area contributed by atoms with Crippen LogP contribution in [0.15, 0.2) is 59.1 Å². The molecule has 0 unspecified atom stereocenters. The van der Waals surface area contributed by atoms with E-state index in [1.54, 1.807) is 24.3 Å². The molecule has 0 aliphatic carbocycles. The Kier molecular flexibility index (Phi) is 6.76. The van der Waals surface area contributed by atoms with Gasteiger partial charge in [0.2, 0.25) is 0 Å². The lowest BCUT2D eigenvalue weighted by Gasteiger charge is -2.09. The lowest BCUT2D eigenvalue weighted by atomic mass is 10.2. The number of carbonyl (C=O) groups excluding carboxylic acids is 2. The number of nitrogens with one attached hydrogen (secondary N) is 2. The average Bonchev–Trinajstić information content (AvgIpc) is 3.50. The highest BCUT2D eigenvalue weighted by molar-refractivity contribution is 6.04. The van der Waals surface area contributed by atoms with Gasteiger partial charge >= 0.3 is 0 Å². The van der Waals surface area contributed by atoms with Crippen LogP contribution >= 0.6 is 0 Å². The van der Waals surface area contributed by atoms with Crippen LogP contribution in [0.1, 0.15) is 39.4 Å². The maximum absolute atomic E-state index is 13.0. The third-order valence-corrected chi connectivity index (χ3v) is 4.91. The second kappa shape index (κ2) is 10.1. The highest BCUT2D eigenvalue weighted by Gasteiger charge is 2.18. The van der Waals surface area contributed by atoms with Crippen LogP contribution in [-0.2, 0) is 11.3 Å². The zero-order valence-corrected chi connectivity index (χ0v) is 17.2. The van der Waals surface area contributed by atoms with E-state index in [0.717, 1.165) is 19.4 Å². The largest absolute Gasteiger partial charge is 0.486 e. The Labute approximate surface area is 183 Å². The summed E-state index contributed by atoms with van der Waals surface area (Å²) in [5, 5.41) is 9.29. The summed E-state index contributed by atoms with van der Waals surface area (Å²) in [5.74, 6) is -0.116. The summed E-state index contributed by atoms with van der Waals surface area (Å²) in [6.07, 6.45) is 2.00. The predicted octanol–water partition coefficient (Wildman–Crippen LogP) is 3.55. The number of rotatable bonds is 8. The molecule has 1 aromatic heterocycles. The molecule has 4 rings (SSSR count). The van der Waals surface area contributed by atoms with Gasteiger partial charge in [-0.25, -0.2) is 4.39 Å². The normalized spacial score (nSPS) is 15.3. The quantitative estimate of drug-likeness (QED) is 0.557. The maximum Gasteiger partial charge on any atom is 0.273 e. The van der Waals surface area contributed by atoms with Crippen molar-refractivity contribution in [1.29, 1.82) is 0 Å². The average molecular weight is 439 g/mol. The van der Waals surface area contributed by atoms with Crippen LogP contribution in [0.2, 0.25) is 0 Å². The molecule has 2 aromatic carbocycles. The number of carbonyl (C=O) groups is 2. The summed E-state index contributed by atoms with van der Waals surface area (Å²) in [5.41, 5.74) is 1.10. The van der Waals surface area contributed by atoms with Gasteiger partial charge in [0.15, 0.2) is 11.5 Å². The highest BCUT2D eigenvalue weighted by Crippen LogP contribution is 2.18. The van der Waals surface area contributed by atoms with Crippen molar-refractivity contribution in [2.45, 2.75) is 25.6 Å². The smallest absolute Gasteiger partial charge is 0.273 e. The molecule has 0 saturated carbocycles. The molecule has 2 N–H and O–H groups in total. The maximum atomic E-state index is 13.0. The molecule has 1 aliphatic heterocycles. The Bertz CT molecular complexity index is 1060. The highest BCUT2D eigenvalue weighted by atomic mass is 19.1. The van der Waals surface area contributed by atoms with E-state index in [9.17, 15) is 14.0 Å². The molecule has 3 aromatic rings. The number of anilines is 1. The Hall–Kier alpha value is -3.72. The molecule has 9 heteroatoms. The number of halogens is 1. The lowest BCUT2D eigenvalue weighted by molar-refractivity contribution is 0.0850. The van der Waals surface area contributed by atoms with E-state index in [0.29, 0.717) is 29.3 Å². The standard InChI is InChI=1S/C23H22FN3O5/c24-16-5-3-15(4-6-16)22(28)26-17-7-9-18(10-8-17)31-14-20-12-21(27-32-20)23(29)25-13-19-2-1-11-30-19/h3-10,12,19H,1-2,11,13-14H2,(H,25,29)(H,26,28)/t19-/m1/s1. The van der Waals surface area contributed by atoms with E-state index in [2.05, 4.69) is 15.8 Å². The lowest BCUT2D eigenvalue weighted by Crippen LogP contribution is -2.31. The van der Waals surface area contributed by atoms with Gasteiger partial charge in [-0.05, 0) is 61.4 Å². The molecule has 2 amide bonds. The van der Waals surface area contributed by atoms with Gasteiger partial charge in [-0.3, -0.25) is 9.59 Å². The van der Waals surface area contributed by atoms with Gasteiger partial charge in [0, 0.05) is 30.5 Å². The fourth-order valence-electron chi connectivity index (χ4n) is 3.18. The van der Waals surface area contributed by atoms with Gasteiger partial charge in [-0.1, -0.05) is 5.16 Å². The van der Waals surface area contributed by atoms with E-state index in [4.69, 9.17) is 14.0 Å². The second-order valence-electron chi connectivity index (χ2n) is 7.30. The summed E-state index contributed by atoms with van der Waals surface area (Å²) in [6.45, 7) is 1.27. The summed E-state index contributed by atoms with van der Waals surface area (Å²) >= 11 is 0. The topological polar surface area (TPSA) is 103 Å². The molecule has 1 fully saturated rings. The minimum atomic E-state index is -0.402. The number of nitrogens with zero attached hydrogens (tertiary/aromatic N) is 1. The van der Waals surface area contributed by atoms with E-state index < -0.39 is 5.82 Å². The van der Waals surface area contributed by atoms with Crippen molar-refractivity contribution in [3.63, 3.8) is 0 Å². The van der Waals surface area contributed by atoms with Crippen molar-refractivity contribution < 1.29 is 28.0 Å². The molecule has 0 spiro atoms. The number of hydrogen-bond acceptors (Lipinski definition) is 6. The predicted molar refractivity (Wildman–Crippen MR) is 113 cm³/mol. The molecular weight excluding hydrogens is 417 g/mol. The van der Waals surface area contributed by atoms with Crippen molar-refractivity contribution in [2.24, 2.45) is 0 Å². The monoisotopic (exact) mass is 439 g/mol. The third-order valence-electron chi connectivity index (χ3n) is 4.91. The first-order valence-electron chi connectivity index (χ1n) is 10.2. The van der Waals surface area contributed by atoms with Crippen LogP contribution in [0.25, 0.3) is 0 Å². The first-order valence-corrected chi connectivity index (χ1v) is 10.2. The number of hydrogen-bond donors (Lipinski definition) is 2. The fraction of sp³-hybridized carbons (Fsp3) is 0.261. The Morgan fingerprint density at radius 3 is 2.59 bits per heavy atom.